The van der Waals surface area contributed by atoms with E-state index in [0.29, 0.717) is 60.7 Å². The van der Waals surface area contributed by atoms with Crippen LogP contribution >= 0.6 is 0 Å². The van der Waals surface area contributed by atoms with Gasteiger partial charge in [-0.3, -0.25) is 4.79 Å². The summed E-state index contributed by atoms with van der Waals surface area (Å²) in [6, 6.07) is 5.47. The molecule has 30 heavy (non-hydrogen) atoms. The molecule has 1 aliphatic rings. The lowest BCUT2D eigenvalue weighted by molar-refractivity contribution is 0.0759. The zero-order valence-electron chi connectivity index (χ0n) is 17.4. The minimum atomic E-state index is -0.367. The number of hydrogen-bond donors (Lipinski definition) is 0. The van der Waals surface area contributed by atoms with Crippen LogP contribution in [0, 0.1) is 0 Å². The first-order chi connectivity index (χ1) is 14.5. The van der Waals surface area contributed by atoms with Crippen molar-refractivity contribution in [3.05, 3.63) is 36.2 Å². The molecule has 0 radical (unpaired) electrons. The normalized spacial score (nSPS) is 14.9. The number of amides is 2. The van der Waals surface area contributed by atoms with E-state index >= 15 is 0 Å². The van der Waals surface area contributed by atoms with E-state index in [1.54, 1.807) is 39.1 Å². The van der Waals surface area contributed by atoms with Crippen molar-refractivity contribution in [3.63, 3.8) is 0 Å². The van der Waals surface area contributed by atoms with Crippen LogP contribution in [0.1, 0.15) is 36.7 Å². The number of hydrogen-bond acceptors (Lipinski definition) is 6. The quantitative estimate of drug-likeness (QED) is 0.657. The Morgan fingerprint density at radius 1 is 1.17 bits per heavy atom. The first-order valence-electron chi connectivity index (χ1n) is 10.0. The second-order valence-corrected chi connectivity index (χ2v) is 7.56. The van der Waals surface area contributed by atoms with Gasteiger partial charge < -0.3 is 19.0 Å². The van der Waals surface area contributed by atoms with E-state index < -0.39 is 0 Å². The Bertz CT molecular complexity index is 1060. The lowest BCUT2D eigenvalue weighted by atomic mass is 10.1. The number of rotatable bonds is 3. The van der Waals surface area contributed by atoms with Gasteiger partial charge in [0, 0.05) is 32.2 Å². The molecule has 158 valence electrons. The zero-order valence-corrected chi connectivity index (χ0v) is 17.4. The molecule has 1 fully saturated rings. The van der Waals surface area contributed by atoms with Crippen molar-refractivity contribution in [2.75, 3.05) is 33.3 Å². The van der Waals surface area contributed by atoms with E-state index in [4.69, 9.17) is 14.1 Å². The van der Waals surface area contributed by atoms with Gasteiger partial charge in [-0.25, -0.2) is 14.5 Å². The van der Waals surface area contributed by atoms with Crippen molar-refractivity contribution in [2.45, 2.75) is 26.3 Å². The topological polar surface area (TPSA) is 93.7 Å². The fraction of sp³-hybridized carbons (Fsp3) is 0.429. The fourth-order valence-corrected chi connectivity index (χ4v) is 3.73. The average Bonchev–Trinajstić information content (AvgIpc) is 3.37. The Morgan fingerprint density at radius 2 is 1.93 bits per heavy atom. The lowest BCUT2D eigenvalue weighted by Gasteiger charge is -2.22. The Hall–Kier alpha value is -3.36. The fourth-order valence-electron chi connectivity index (χ4n) is 3.73. The first kappa shape index (κ1) is 19.9. The van der Waals surface area contributed by atoms with Crippen LogP contribution in [-0.2, 0) is 4.74 Å². The Morgan fingerprint density at radius 3 is 2.63 bits per heavy atom. The van der Waals surface area contributed by atoms with E-state index in [2.05, 4.69) is 5.10 Å². The Labute approximate surface area is 174 Å². The summed E-state index contributed by atoms with van der Waals surface area (Å²) >= 11 is 0. The van der Waals surface area contributed by atoms with Gasteiger partial charge in [0.2, 0.25) is 0 Å². The van der Waals surface area contributed by atoms with Gasteiger partial charge in [0.15, 0.2) is 11.4 Å². The molecule has 9 heteroatoms. The van der Waals surface area contributed by atoms with Gasteiger partial charge in [0.05, 0.1) is 30.5 Å². The predicted molar refractivity (Wildman–Crippen MR) is 110 cm³/mol. The Kier molecular flexibility index (Phi) is 5.43. The van der Waals surface area contributed by atoms with Crippen LogP contribution in [0.4, 0.5) is 4.79 Å². The molecule has 3 aromatic heterocycles. The zero-order chi connectivity index (χ0) is 21.3. The van der Waals surface area contributed by atoms with Crippen molar-refractivity contribution in [2.24, 2.45) is 0 Å². The minimum absolute atomic E-state index is 0.0941. The van der Waals surface area contributed by atoms with Crippen molar-refractivity contribution in [1.29, 1.82) is 0 Å². The number of ether oxygens (including phenoxy) is 1. The molecule has 3 aromatic rings. The van der Waals surface area contributed by atoms with Gasteiger partial charge in [0.1, 0.15) is 5.69 Å². The van der Waals surface area contributed by atoms with E-state index in [1.807, 2.05) is 19.9 Å². The van der Waals surface area contributed by atoms with Crippen LogP contribution in [0.25, 0.3) is 22.5 Å². The molecule has 0 saturated carbocycles. The van der Waals surface area contributed by atoms with Gasteiger partial charge in [-0.1, -0.05) is 0 Å². The molecule has 1 aliphatic heterocycles. The van der Waals surface area contributed by atoms with Gasteiger partial charge in [-0.05, 0) is 38.5 Å². The maximum Gasteiger partial charge on any atom is 0.409 e. The largest absolute Gasteiger partial charge is 0.463 e. The van der Waals surface area contributed by atoms with Gasteiger partial charge in [0.25, 0.3) is 5.91 Å². The van der Waals surface area contributed by atoms with E-state index in [-0.39, 0.29) is 18.0 Å². The summed E-state index contributed by atoms with van der Waals surface area (Å²) < 4.78 is 12.1. The molecule has 0 atom stereocenters. The summed E-state index contributed by atoms with van der Waals surface area (Å²) in [4.78, 5) is 33.5. The number of nitrogens with zero attached hydrogens (tertiary/aromatic N) is 5. The number of furan rings is 1. The lowest BCUT2D eigenvalue weighted by Crippen LogP contribution is -2.37. The van der Waals surface area contributed by atoms with Crippen LogP contribution in [0.2, 0.25) is 0 Å². The molecule has 2 amide bonds. The van der Waals surface area contributed by atoms with Crippen LogP contribution in [0.5, 0.6) is 0 Å². The number of aromatic nitrogens is 3. The van der Waals surface area contributed by atoms with Gasteiger partial charge in [-0.2, -0.15) is 5.10 Å². The highest BCUT2D eigenvalue weighted by atomic mass is 16.5. The van der Waals surface area contributed by atoms with E-state index in [1.165, 1.54) is 7.11 Å². The van der Waals surface area contributed by atoms with Crippen molar-refractivity contribution >= 4 is 23.0 Å². The molecule has 4 heterocycles. The highest BCUT2D eigenvalue weighted by Gasteiger charge is 2.26. The van der Waals surface area contributed by atoms with Crippen LogP contribution in [0.3, 0.4) is 0 Å². The average molecular weight is 411 g/mol. The second-order valence-electron chi connectivity index (χ2n) is 7.56. The number of carbonyl (C=O) groups is 2. The van der Waals surface area contributed by atoms with Crippen LogP contribution in [0.15, 0.2) is 35.1 Å². The Balaban J connectivity index is 1.72. The smallest absolute Gasteiger partial charge is 0.409 e. The summed E-state index contributed by atoms with van der Waals surface area (Å²) in [7, 11) is 1.37. The highest BCUT2D eigenvalue weighted by Crippen LogP contribution is 2.27. The maximum absolute atomic E-state index is 13.5. The third-order valence-corrected chi connectivity index (χ3v) is 5.28. The number of pyridine rings is 1. The molecule has 4 rings (SSSR count). The number of carbonyl (C=O) groups excluding carboxylic acids is 2. The molecular formula is C21H25N5O4. The predicted octanol–water partition coefficient (Wildman–Crippen LogP) is 3.19. The molecular weight excluding hydrogens is 386 g/mol. The standard InChI is InChI=1S/C21H25N5O4/c1-14(2)26-19-16(13-22-26)15(12-17(23-19)18-6-4-11-30-18)20(27)24-7-5-8-25(10-9-24)21(28)29-3/h4,6,11-14H,5,7-10H2,1-3H3. The summed E-state index contributed by atoms with van der Waals surface area (Å²) in [6.07, 6.45) is 3.60. The third kappa shape index (κ3) is 3.62. The van der Waals surface area contributed by atoms with Crippen molar-refractivity contribution in [3.8, 4) is 11.5 Å². The summed E-state index contributed by atoms with van der Waals surface area (Å²) in [5.74, 6) is 0.486. The number of methoxy groups -OCH3 is 1. The van der Waals surface area contributed by atoms with E-state index in [0.717, 1.165) is 0 Å². The highest BCUT2D eigenvalue weighted by molar-refractivity contribution is 6.06. The van der Waals surface area contributed by atoms with Crippen LogP contribution < -0.4 is 0 Å². The first-order valence-corrected chi connectivity index (χ1v) is 10.0. The third-order valence-electron chi connectivity index (χ3n) is 5.28. The van der Waals surface area contributed by atoms with Gasteiger partial charge in [-0.15, -0.1) is 0 Å². The molecule has 0 unspecified atom stereocenters. The maximum atomic E-state index is 13.5. The number of fused-ring (bicyclic) bond motifs is 1. The van der Waals surface area contributed by atoms with Crippen molar-refractivity contribution in [1.82, 2.24) is 24.6 Å². The van der Waals surface area contributed by atoms with E-state index in [9.17, 15) is 9.59 Å². The van der Waals surface area contributed by atoms with Gasteiger partial charge >= 0.3 is 6.09 Å². The minimum Gasteiger partial charge on any atom is -0.463 e. The molecule has 1 saturated heterocycles. The summed E-state index contributed by atoms with van der Waals surface area (Å²) in [6.45, 7) is 6.03. The van der Waals surface area contributed by atoms with Crippen LogP contribution in [-0.4, -0.2) is 69.9 Å². The second kappa shape index (κ2) is 8.17. The summed E-state index contributed by atoms with van der Waals surface area (Å²) in [5, 5.41) is 5.16. The molecule has 0 aliphatic carbocycles. The monoisotopic (exact) mass is 411 g/mol. The molecule has 0 N–H and O–H groups in total. The molecule has 9 nitrogen and oxygen atoms in total. The molecule has 0 bridgehead atoms. The molecule has 0 spiro atoms. The molecule has 0 aromatic carbocycles. The van der Waals surface area contributed by atoms with Crippen molar-refractivity contribution < 1.29 is 18.7 Å². The summed E-state index contributed by atoms with van der Waals surface area (Å²) in [5.41, 5.74) is 1.77. The SMILES string of the molecule is COC(=O)N1CCCN(C(=O)c2cc(-c3ccco3)nc3c2cnn3C(C)C)CC1.